The van der Waals surface area contributed by atoms with Gasteiger partial charge in [-0.2, -0.15) is 4.98 Å². The normalized spacial score (nSPS) is 16.1. The highest BCUT2D eigenvalue weighted by Gasteiger charge is 2.41. The second-order valence-corrected chi connectivity index (χ2v) is 6.32. The molecule has 1 aliphatic carbocycles. The molecule has 2 aromatic rings. The number of amides is 1. The number of carbonyl (C=O) groups excluding carboxylic acids is 1. The highest BCUT2D eigenvalue weighted by molar-refractivity contribution is 5.82. The Morgan fingerprint density at radius 1 is 1.29 bits per heavy atom. The molecule has 6 nitrogen and oxygen atoms in total. The predicted octanol–water partition coefficient (Wildman–Crippen LogP) is 2.79. The maximum absolute atomic E-state index is 12.7. The van der Waals surface area contributed by atoms with Gasteiger partial charge in [0.1, 0.15) is 5.54 Å². The quantitative estimate of drug-likeness (QED) is 0.883. The van der Waals surface area contributed by atoms with E-state index in [9.17, 15) is 4.79 Å². The van der Waals surface area contributed by atoms with Gasteiger partial charge in [-0.25, -0.2) is 0 Å². The average Bonchev–Trinajstić information content (AvgIpc) is 3.23. The van der Waals surface area contributed by atoms with Gasteiger partial charge in [0.15, 0.2) is 5.82 Å². The van der Waals surface area contributed by atoms with Crippen molar-refractivity contribution in [2.45, 2.75) is 45.1 Å². The number of carbonyl (C=O) groups is 1. The average molecular weight is 328 g/mol. The second-order valence-electron chi connectivity index (χ2n) is 6.32. The molecule has 1 aromatic heterocycles. The van der Waals surface area contributed by atoms with Gasteiger partial charge >= 0.3 is 0 Å². The zero-order chi connectivity index (χ0) is 17.0. The molecule has 0 aliphatic heterocycles. The summed E-state index contributed by atoms with van der Waals surface area (Å²) in [6.45, 7) is 4.91. The molecule has 0 saturated heterocycles. The fourth-order valence-corrected chi connectivity index (χ4v) is 3.38. The van der Waals surface area contributed by atoms with Gasteiger partial charge in [0, 0.05) is 19.2 Å². The molecule has 1 amide bonds. The van der Waals surface area contributed by atoms with Crippen molar-refractivity contribution in [3.63, 3.8) is 0 Å². The van der Waals surface area contributed by atoms with Crippen molar-refractivity contribution >= 4 is 11.6 Å². The Kier molecular flexibility index (Phi) is 4.83. The van der Waals surface area contributed by atoms with E-state index < -0.39 is 5.54 Å². The number of likely N-dealkylation sites (N-methyl/N-ethyl adjacent to an activating group) is 1. The van der Waals surface area contributed by atoms with E-state index in [0.29, 0.717) is 18.3 Å². The van der Waals surface area contributed by atoms with Gasteiger partial charge in [-0.15, -0.1) is 0 Å². The van der Waals surface area contributed by atoms with Crippen LogP contribution in [0.3, 0.4) is 0 Å². The Morgan fingerprint density at radius 2 is 2.00 bits per heavy atom. The van der Waals surface area contributed by atoms with Crippen LogP contribution >= 0.6 is 0 Å². The lowest BCUT2D eigenvalue weighted by molar-refractivity contribution is -0.121. The molecular formula is C18H24N4O2. The molecule has 1 fully saturated rings. The molecule has 1 saturated carbocycles. The molecule has 1 N–H and O–H groups in total. The van der Waals surface area contributed by atoms with Crippen LogP contribution in [-0.4, -0.2) is 29.1 Å². The van der Waals surface area contributed by atoms with E-state index in [0.717, 1.165) is 37.9 Å². The molecule has 24 heavy (non-hydrogen) atoms. The molecule has 0 bridgehead atoms. The van der Waals surface area contributed by atoms with Crippen LogP contribution in [0.2, 0.25) is 0 Å². The van der Waals surface area contributed by atoms with Crippen LogP contribution in [0.15, 0.2) is 34.9 Å². The Bertz CT molecular complexity index is 677. The van der Waals surface area contributed by atoms with Crippen LogP contribution in [0.4, 0.5) is 5.69 Å². The molecule has 0 spiro atoms. The van der Waals surface area contributed by atoms with Crippen LogP contribution < -0.4 is 10.2 Å². The first-order valence-corrected chi connectivity index (χ1v) is 8.55. The molecule has 0 atom stereocenters. The number of para-hydroxylation sites is 1. The van der Waals surface area contributed by atoms with Gasteiger partial charge in [0.25, 0.3) is 0 Å². The third-order valence-electron chi connectivity index (χ3n) is 4.63. The van der Waals surface area contributed by atoms with Crippen LogP contribution in [0, 0.1) is 6.92 Å². The molecule has 0 radical (unpaired) electrons. The number of hydrogen-bond acceptors (Lipinski definition) is 5. The largest absolute Gasteiger partial charge is 0.363 e. The summed E-state index contributed by atoms with van der Waals surface area (Å²) in [5, 5.41) is 7.26. The lowest BCUT2D eigenvalue weighted by Gasteiger charge is -2.29. The van der Waals surface area contributed by atoms with E-state index in [1.54, 1.807) is 6.92 Å². The lowest BCUT2D eigenvalue weighted by Crippen LogP contribution is -2.48. The van der Waals surface area contributed by atoms with Crippen molar-refractivity contribution in [2.24, 2.45) is 0 Å². The predicted molar refractivity (Wildman–Crippen MR) is 91.7 cm³/mol. The highest BCUT2D eigenvalue weighted by atomic mass is 16.5. The number of nitrogens with zero attached hydrogens (tertiary/aromatic N) is 3. The standard InChI is InChI=1S/C18H24N4O2/c1-3-22(15-9-5-4-6-10-15)13-16(23)20-18(11-7-8-12-18)17-19-14(2)24-21-17/h4-6,9-10H,3,7-8,11-13H2,1-2H3,(H,20,23). The van der Waals surface area contributed by atoms with Gasteiger partial charge < -0.3 is 14.7 Å². The van der Waals surface area contributed by atoms with Crippen molar-refractivity contribution in [1.29, 1.82) is 0 Å². The molecule has 1 heterocycles. The molecular weight excluding hydrogens is 304 g/mol. The smallest absolute Gasteiger partial charge is 0.240 e. The van der Waals surface area contributed by atoms with Gasteiger partial charge in [0.2, 0.25) is 11.8 Å². The summed E-state index contributed by atoms with van der Waals surface area (Å²) in [5.74, 6) is 1.13. The summed E-state index contributed by atoms with van der Waals surface area (Å²) in [4.78, 5) is 19.1. The van der Waals surface area contributed by atoms with Crippen LogP contribution in [0.1, 0.15) is 44.3 Å². The van der Waals surface area contributed by atoms with E-state index in [2.05, 4.69) is 20.4 Å². The summed E-state index contributed by atoms with van der Waals surface area (Å²) < 4.78 is 5.13. The van der Waals surface area contributed by atoms with Crippen molar-refractivity contribution in [2.75, 3.05) is 18.0 Å². The molecule has 6 heteroatoms. The van der Waals surface area contributed by atoms with Crippen molar-refractivity contribution in [3.05, 3.63) is 42.0 Å². The highest BCUT2D eigenvalue weighted by Crippen LogP contribution is 2.37. The van der Waals surface area contributed by atoms with Crippen molar-refractivity contribution in [1.82, 2.24) is 15.5 Å². The third-order valence-corrected chi connectivity index (χ3v) is 4.63. The Morgan fingerprint density at radius 3 is 2.58 bits per heavy atom. The minimum absolute atomic E-state index is 0.00921. The Labute approximate surface area is 142 Å². The molecule has 3 rings (SSSR count). The number of benzene rings is 1. The fourth-order valence-electron chi connectivity index (χ4n) is 3.38. The van der Waals surface area contributed by atoms with E-state index in [1.807, 2.05) is 37.3 Å². The number of nitrogens with one attached hydrogen (secondary N) is 1. The monoisotopic (exact) mass is 328 g/mol. The van der Waals surface area contributed by atoms with E-state index in [4.69, 9.17) is 4.52 Å². The SMILES string of the molecule is CCN(CC(=O)NC1(c2noc(C)n2)CCCC1)c1ccccc1. The third kappa shape index (κ3) is 3.42. The van der Waals surface area contributed by atoms with Crippen LogP contribution in [0.5, 0.6) is 0 Å². The number of aromatic nitrogens is 2. The first-order valence-electron chi connectivity index (χ1n) is 8.55. The number of rotatable bonds is 6. The van der Waals surface area contributed by atoms with E-state index in [-0.39, 0.29) is 5.91 Å². The fraction of sp³-hybridized carbons (Fsp3) is 0.500. The van der Waals surface area contributed by atoms with Gasteiger partial charge in [-0.1, -0.05) is 36.2 Å². The summed E-state index contributed by atoms with van der Waals surface area (Å²) in [5.41, 5.74) is 0.566. The van der Waals surface area contributed by atoms with E-state index >= 15 is 0 Å². The second kappa shape index (κ2) is 7.03. The topological polar surface area (TPSA) is 71.3 Å². The number of anilines is 1. The maximum Gasteiger partial charge on any atom is 0.240 e. The number of aryl methyl sites for hydroxylation is 1. The van der Waals surface area contributed by atoms with Crippen molar-refractivity contribution < 1.29 is 9.32 Å². The minimum Gasteiger partial charge on any atom is -0.363 e. The molecule has 1 aromatic carbocycles. The summed E-state index contributed by atoms with van der Waals surface area (Å²) in [6, 6.07) is 9.98. The van der Waals surface area contributed by atoms with Crippen LogP contribution in [-0.2, 0) is 10.3 Å². The first-order chi connectivity index (χ1) is 11.6. The summed E-state index contributed by atoms with van der Waals surface area (Å²) >= 11 is 0. The zero-order valence-electron chi connectivity index (χ0n) is 14.3. The number of hydrogen-bond donors (Lipinski definition) is 1. The van der Waals surface area contributed by atoms with Gasteiger partial charge in [-0.05, 0) is 31.9 Å². The first kappa shape index (κ1) is 16.5. The lowest BCUT2D eigenvalue weighted by atomic mass is 9.96. The van der Waals surface area contributed by atoms with Gasteiger partial charge in [-0.3, -0.25) is 4.79 Å². The zero-order valence-corrected chi connectivity index (χ0v) is 14.3. The molecule has 128 valence electrons. The van der Waals surface area contributed by atoms with Crippen LogP contribution in [0.25, 0.3) is 0 Å². The van der Waals surface area contributed by atoms with Gasteiger partial charge in [0.05, 0.1) is 6.54 Å². The summed E-state index contributed by atoms with van der Waals surface area (Å²) in [6.07, 6.45) is 3.83. The van der Waals surface area contributed by atoms with Crippen molar-refractivity contribution in [3.8, 4) is 0 Å². The maximum atomic E-state index is 12.7. The Hall–Kier alpha value is -2.37. The molecule has 1 aliphatic rings. The molecule has 0 unspecified atom stereocenters. The Balaban J connectivity index is 1.72. The minimum atomic E-state index is -0.481. The van der Waals surface area contributed by atoms with E-state index in [1.165, 1.54) is 0 Å². The summed E-state index contributed by atoms with van der Waals surface area (Å²) in [7, 11) is 0.